The summed E-state index contributed by atoms with van der Waals surface area (Å²) < 4.78 is 2.19. The van der Waals surface area contributed by atoms with Crippen LogP contribution >= 0.6 is 0 Å². The van der Waals surface area contributed by atoms with Crippen LogP contribution in [0.4, 0.5) is 11.5 Å². The molecule has 3 nitrogen and oxygen atoms in total. The van der Waals surface area contributed by atoms with Crippen molar-refractivity contribution in [1.82, 2.24) is 9.55 Å². The van der Waals surface area contributed by atoms with Crippen molar-refractivity contribution in [3.05, 3.63) is 89.6 Å². The van der Waals surface area contributed by atoms with Gasteiger partial charge < -0.3 is 9.88 Å². The van der Waals surface area contributed by atoms with Crippen molar-refractivity contribution in [3.8, 4) is 0 Å². The normalized spacial score (nSPS) is 11.0. The maximum atomic E-state index is 4.86. The van der Waals surface area contributed by atoms with Crippen LogP contribution in [0.15, 0.2) is 72.9 Å². The number of pyridine rings is 1. The Morgan fingerprint density at radius 3 is 2.36 bits per heavy atom. The lowest BCUT2D eigenvalue weighted by molar-refractivity contribution is 0.826. The summed E-state index contributed by atoms with van der Waals surface area (Å²) in [6.45, 7) is 5.06. The summed E-state index contributed by atoms with van der Waals surface area (Å²) in [4.78, 5) is 4.86. The van der Waals surface area contributed by atoms with Gasteiger partial charge in [0.05, 0.1) is 0 Å². The third-order valence-electron chi connectivity index (χ3n) is 4.54. The number of nitrogens with one attached hydrogen (secondary N) is 1. The molecule has 2 aromatic carbocycles. The summed E-state index contributed by atoms with van der Waals surface area (Å²) in [7, 11) is 0. The molecule has 25 heavy (non-hydrogen) atoms. The second-order valence-electron chi connectivity index (χ2n) is 6.43. The smallest absolute Gasteiger partial charge is 0.142 e. The molecule has 0 fully saturated rings. The molecule has 2 heterocycles. The zero-order valence-corrected chi connectivity index (χ0v) is 14.5. The number of hydrogen-bond donors (Lipinski definition) is 1. The number of rotatable bonds is 4. The predicted octanol–water partition coefficient (Wildman–Crippen LogP) is 5.45. The quantitative estimate of drug-likeness (QED) is 0.540. The standard InChI is InChI=1S/C22H21N3/c1-16-7-6-8-17(2)21(16)23-20-12-11-19-13-14-25(22(19)24-20)15-18-9-4-3-5-10-18/h3-14H,15H2,1-2H3,(H,23,24). The molecule has 4 rings (SSSR count). The lowest BCUT2D eigenvalue weighted by Gasteiger charge is -2.12. The van der Waals surface area contributed by atoms with E-state index in [0.29, 0.717) is 0 Å². The summed E-state index contributed by atoms with van der Waals surface area (Å²) in [5.41, 5.74) is 5.86. The minimum absolute atomic E-state index is 0.824. The number of para-hydroxylation sites is 1. The highest BCUT2D eigenvalue weighted by Gasteiger charge is 2.07. The Hall–Kier alpha value is -3.07. The molecule has 0 bridgehead atoms. The van der Waals surface area contributed by atoms with Crippen LogP contribution in [0.1, 0.15) is 16.7 Å². The van der Waals surface area contributed by atoms with Crippen molar-refractivity contribution < 1.29 is 0 Å². The summed E-state index contributed by atoms with van der Waals surface area (Å²) in [5, 5.41) is 4.64. The van der Waals surface area contributed by atoms with Gasteiger partial charge in [0.15, 0.2) is 0 Å². The van der Waals surface area contributed by atoms with E-state index in [2.05, 4.69) is 84.5 Å². The number of anilines is 2. The van der Waals surface area contributed by atoms with Gasteiger partial charge in [0.25, 0.3) is 0 Å². The minimum Gasteiger partial charge on any atom is -0.340 e. The first kappa shape index (κ1) is 15.5. The summed E-state index contributed by atoms with van der Waals surface area (Å²) in [5.74, 6) is 0.873. The van der Waals surface area contributed by atoms with Gasteiger partial charge >= 0.3 is 0 Å². The van der Waals surface area contributed by atoms with E-state index in [4.69, 9.17) is 4.98 Å². The van der Waals surface area contributed by atoms with Crippen LogP contribution in [0, 0.1) is 13.8 Å². The lowest BCUT2D eigenvalue weighted by Crippen LogP contribution is -2.02. The van der Waals surface area contributed by atoms with Gasteiger partial charge in [-0.25, -0.2) is 4.98 Å². The van der Waals surface area contributed by atoms with E-state index in [0.717, 1.165) is 29.1 Å². The summed E-state index contributed by atoms with van der Waals surface area (Å²) in [6, 6.07) is 23.1. The van der Waals surface area contributed by atoms with Gasteiger partial charge in [0.1, 0.15) is 11.5 Å². The molecular weight excluding hydrogens is 306 g/mol. The third-order valence-corrected chi connectivity index (χ3v) is 4.54. The number of benzene rings is 2. The average Bonchev–Trinajstić information content (AvgIpc) is 3.01. The van der Waals surface area contributed by atoms with E-state index in [-0.39, 0.29) is 0 Å². The Morgan fingerprint density at radius 1 is 0.840 bits per heavy atom. The van der Waals surface area contributed by atoms with E-state index in [1.165, 1.54) is 16.7 Å². The van der Waals surface area contributed by atoms with Crippen LogP contribution < -0.4 is 5.32 Å². The van der Waals surface area contributed by atoms with Crippen LogP contribution in [0.25, 0.3) is 11.0 Å². The van der Waals surface area contributed by atoms with Crippen LogP contribution in [0.3, 0.4) is 0 Å². The van der Waals surface area contributed by atoms with Crippen molar-refractivity contribution in [2.75, 3.05) is 5.32 Å². The van der Waals surface area contributed by atoms with Gasteiger partial charge in [0, 0.05) is 23.8 Å². The van der Waals surface area contributed by atoms with Gasteiger partial charge in [-0.2, -0.15) is 0 Å². The van der Waals surface area contributed by atoms with Gasteiger partial charge in [-0.3, -0.25) is 0 Å². The number of fused-ring (bicyclic) bond motifs is 1. The maximum absolute atomic E-state index is 4.86. The van der Waals surface area contributed by atoms with Crippen molar-refractivity contribution in [2.45, 2.75) is 20.4 Å². The molecule has 124 valence electrons. The maximum Gasteiger partial charge on any atom is 0.142 e. The van der Waals surface area contributed by atoms with Gasteiger partial charge in [-0.05, 0) is 48.7 Å². The van der Waals surface area contributed by atoms with E-state index in [9.17, 15) is 0 Å². The van der Waals surface area contributed by atoms with E-state index < -0.39 is 0 Å². The minimum atomic E-state index is 0.824. The molecule has 0 amide bonds. The average molecular weight is 327 g/mol. The molecule has 1 N–H and O–H groups in total. The van der Waals surface area contributed by atoms with Gasteiger partial charge in [0.2, 0.25) is 0 Å². The molecule has 2 aromatic heterocycles. The van der Waals surface area contributed by atoms with E-state index in [1.54, 1.807) is 0 Å². The predicted molar refractivity (Wildman–Crippen MR) is 104 cm³/mol. The second kappa shape index (κ2) is 6.44. The van der Waals surface area contributed by atoms with Crippen molar-refractivity contribution >= 4 is 22.5 Å². The van der Waals surface area contributed by atoms with Crippen molar-refractivity contribution in [1.29, 1.82) is 0 Å². The van der Waals surface area contributed by atoms with Crippen molar-refractivity contribution in [3.63, 3.8) is 0 Å². The Balaban J connectivity index is 1.69. The summed E-state index contributed by atoms with van der Waals surface area (Å²) in [6.07, 6.45) is 2.10. The molecule has 0 aliphatic rings. The fourth-order valence-electron chi connectivity index (χ4n) is 3.18. The first-order chi connectivity index (χ1) is 12.2. The van der Waals surface area contributed by atoms with Crippen LogP contribution in [0.2, 0.25) is 0 Å². The third kappa shape index (κ3) is 3.13. The number of aryl methyl sites for hydroxylation is 2. The first-order valence-electron chi connectivity index (χ1n) is 8.54. The van der Waals surface area contributed by atoms with Crippen LogP contribution in [0.5, 0.6) is 0 Å². The monoisotopic (exact) mass is 327 g/mol. The first-order valence-corrected chi connectivity index (χ1v) is 8.54. The molecule has 0 spiro atoms. The van der Waals surface area contributed by atoms with Crippen LogP contribution in [-0.4, -0.2) is 9.55 Å². The SMILES string of the molecule is Cc1cccc(C)c1Nc1ccc2ccn(Cc3ccccc3)c2n1. The fraction of sp³-hybridized carbons (Fsp3) is 0.136. The van der Waals surface area contributed by atoms with Gasteiger partial charge in [-0.1, -0.05) is 48.5 Å². The lowest BCUT2D eigenvalue weighted by atomic mass is 10.1. The Bertz CT molecular complexity index is 996. The molecule has 0 saturated carbocycles. The van der Waals surface area contributed by atoms with Crippen LogP contribution in [-0.2, 0) is 6.54 Å². The van der Waals surface area contributed by atoms with E-state index >= 15 is 0 Å². The molecule has 4 aromatic rings. The molecular formula is C22H21N3. The number of aromatic nitrogens is 2. The summed E-state index contributed by atoms with van der Waals surface area (Å²) >= 11 is 0. The van der Waals surface area contributed by atoms with Crippen molar-refractivity contribution in [2.24, 2.45) is 0 Å². The molecule has 0 unspecified atom stereocenters. The number of nitrogens with zero attached hydrogens (tertiary/aromatic N) is 2. The molecule has 3 heteroatoms. The molecule has 0 atom stereocenters. The highest BCUT2D eigenvalue weighted by atomic mass is 15.1. The Kier molecular flexibility index (Phi) is 3.98. The Morgan fingerprint density at radius 2 is 1.60 bits per heavy atom. The molecule has 0 saturated heterocycles. The molecule has 0 aliphatic carbocycles. The highest BCUT2D eigenvalue weighted by Crippen LogP contribution is 2.25. The molecule has 0 aliphatic heterocycles. The molecule has 0 radical (unpaired) electrons. The van der Waals surface area contributed by atoms with Gasteiger partial charge in [-0.15, -0.1) is 0 Å². The zero-order chi connectivity index (χ0) is 17.2. The highest BCUT2D eigenvalue weighted by molar-refractivity contribution is 5.79. The fourth-order valence-corrected chi connectivity index (χ4v) is 3.18. The largest absolute Gasteiger partial charge is 0.340 e. The second-order valence-corrected chi connectivity index (χ2v) is 6.43. The zero-order valence-electron chi connectivity index (χ0n) is 14.5. The topological polar surface area (TPSA) is 29.9 Å². The number of hydrogen-bond acceptors (Lipinski definition) is 2. The van der Waals surface area contributed by atoms with E-state index in [1.807, 2.05) is 12.1 Å². The Labute approximate surface area is 148 Å².